The lowest BCUT2D eigenvalue weighted by atomic mass is 9.48. The number of hydrogen-bond acceptors (Lipinski definition) is 6. The summed E-state index contributed by atoms with van der Waals surface area (Å²) in [6, 6.07) is 13.6. The lowest BCUT2D eigenvalue weighted by molar-refractivity contribution is -0.135. The molecule has 3 atom stereocenters. The van der Waals surface area contributed by atoms with Crippen molar-refractivity contribution in [2.24, 2.45) is 0 Å². The van der Waals surface area contributed by atoms with Crippen LogP contribution in [0.5, 0.6) is 0 Å². The molecule has 2 fully saturated rings. The first kappa shape index (κ1) is 29.1. The number of halogens is 1. The van der Waals surface area contributed by atoms with E-state index < -0.39 is 6.04 Å². The molecule has 13 heteroatoms. The number of piperazine rings is 1. The molecular formula is C28H37B3FN7O2. The van der Waals surface area contributed by atoms with E-state index in [1.807, 2.05) is 29.2 Å². The van der Waals surface area contributed by atoms with E-state index in [1.54, 1.807) is 29.2 Å². The van der Waals surface area contributed by atoms with E-state index in [0.29, 0.717) is 37.0 Å². The predicted octanol–water partition coefficient (Wildman–Crippen LogP) is -0.914. The minimum atomic E-state index is -0.604. The first-order valence-electron chi connectivity index (χ1n) is 14.5. The highest BCUT2D eigenvalue weighted by molar-refractivity contribution is 6.59. The molecule has 2 aliphatic rings. The molecule has 9 nitrogen and oxygen atoms in total. The highest BCUT2D eigenvalue weighted by atomic mass is 19.1. The van der Waals surface area contributed by atoms with Crippen molar-refractivity contribution < 1.29 is 14.0 Å². The fraction of sp³-hybridized carbons (Fsp3) is 0.429. The van der Waals surface area contributed by atoms with E-state index in [4.69, 9.17) is 0 Å². The van der Waals surface area contributed by atoms with Gasteiger partial charge in [-0.25, -0.2) is 9.07 Å². The van der Waals surface area contributed by atoms with Crippen molar-refractivity contribution in [2.45, 2.75) is 42.5 Å². The average molecular weight is 555 g/mol. The summed E-state index contributed by atoms with van der Waals surface area (Å²) in [5.74, 6) is -0.120. The molecule has 0 radical (unpaired) electrons. The Morgan fingerprint density at radius 1 is 1.02 bits per heavy atom. The van der Waals surface area contributed by atoms with Crippen LogP contribution in [0.4, 0.5) is 4.39 Å². The number of carbonyl (C=O) groups is 2. The van der Waals surface area contributed by atoms with E-state index in [9.17, 15) is 14.0 Å². The molecule has 2 N–H and O–H groups in total. The van der Waals surface area contributed by atoms with Gasteiger partial charge in [-0.1, -0.05) is 22.6 Å². The summed E-state index contributed by atoms with van der Waals surface area (Å²) >= 11 is 0. The second-order valence-corrected chi connectivity index (χ2v) is 12.0. The van der Waals surface area contributed by atoms with Crippen molar-refractivity contribution in [3.63, 3.8) is 0 Å². The first-order valence-corrected chi connectivity index (χ1v) is 14.5. The smallest absolute Gasteiger partial charge is 0.251 e. The molecule has 1 saturated carbocycles. The third-order valence-corrected chi connectivity index (χ3v) is 8.12. The molecular weight excluding hydrogens is 518 g/mol. The summed E-state index contributed by atoms with van der Waals surface area (Å²) in [4.78, 5) is 31.2. The monoisotopic (exact) mass is 555 g/mol. The zero-order valence-electron chi connectivity index (χ0n) is 24.1. The van der Waals surface area contributed by atoms with Crippen molar-refractivity contribution in [1.82, 2.24) is 35.4 Å². The first-order chi connectivity index (χ1) is 19.7. The fourth-order valence-electron chi connectivity index (χ4n) is 5.52. The number of carbonyl (C=O) groups excluding carboxylic acids is 2. The largest absolute Gasteiger partial charge is 0.340 e. The number of amides is 2. The van der Waals surface area contributed by atoms with Gasteiger partial charge in [0.1, 0.15) is 35.4 Å². The Labute approximate surface area is 243 Å². The van der Waals surface area contributed by atoms with Gasteiger partial charge in [-0.05, 0) is 67.8 Å². The van der Waals surface area contributed by atoms with E-state index in [2.05, 4.69) is 49.4 Å². The lowest BCUT2D eigenvalue weighted by Crippen LogP contribution is -2.61. The van der Waals surface area contributed by atoms with Crippen LogP contribution in [0, 0.1) is 5.82 Å². The van der Waals surface area contributed by atoms with Crippen LogP contribution in [0.3, 0.4) is 0 Å². The highest BCUT2D eigenvalue weighted by Crippen LogP contribution is 2.40. The molecule has 2 amide bonds. The Morgan fingerprint density at radius 3 is 2.37 bits per heavy atom. The molecule has 1 aliphatic heterocycles. The molecule has 1 aliphatic carbocycles. The van der Waals surface area contributed by atoms with Crippen LogP contribution in [0.15, 0.2) is 60.9 Å². The topological polar surface area (TPSA) is 95.4 Å². The normalized spacial score (nSPS) is 20.0. The minimum absolute atomic E-state index is 0.0262. The summed E-state index contributed by atoms with van der Waals surface area (Å²) in [6.45, 7) is 3.66. The Morgan fingerprint density at radius 2 is 1.73 bits per heavy atom. The SMILES string of the molecule is BC(B)(B)N1CCN(C(=O)[C@H](CCCN[C@@H]2C[C@H]2c2ccc(F)cc2)NC(=O)c2ccc(-n3ccnn3)cc2)CC1. The van der Waals surface area contributed by atoms with Gasteiger partial charge in [0.2, 0.25) is 5.91 Å². The molecule has 0 unspecified atom stereocenters. The van der Waals surface area contributed by atoms with Crippen LogP contribution in [0.1, 0.15) is 41.1 Å². The number of benzene rings is 2. The Kier molecular flexibility index (Phi) is 8.94. The summed E-state index contributed by atoms with van der Waals surface area (Å²) in [5, 5.41) is 14.5. The van der Waals surface area contributed by atoms with Gasteiger partial charge in [-0.15, -0.1) is 5.10 Å². The van der Waals surface area contributed by atoms with Gasteiger partial charge < -0.3 is 20.4 Å². The standard InChI is InChI=1S/C28H37B3FN7O2/c29-28(30,31)38-16-14-37(15-17-38)27(41)24(2-1-11-33-25-18-23(25)19-3-7-21(32)8-4-19)35-26(40)20-5-9-22(10-6-20)39-13-12-34-36-39/h3-10,12-13,23-25,33H,1-2,11,14-18,29-31H2,(H,35,40)/t23-,24-,25+/m0/s1. The number of nitrogens with one attached hydrogen (secondary N) is 2. The highest BCUT2D eigenvalue weighted by Gasteiger charge is 2.38. The fourth-order valence-corrected chi connectivity index (χ4v) is 5.52. The van der Waals surface area contributed by atoms with Crippen molar-refractivity contribution in [1.29, 1.82) is 0 Å². The lowest BCUT2D eigenvalue weighted by Gasteiger charge is -2.43. The van der Waals surface area contributed by atoms with Gasteiger partial charge in [-0.2, -0.15) is 0 Å². The molecule has 3 aromatic rings. The van der Waals surface area contributed by atoms with Gasteiger partial charge in [0.15, 0.2) is 0 Å². The third kappa shape index (κ3) is 7.45. The van der Waals surface area contributed by atoms with Crippen LogP contribution in [-0.2, 0) is 4.79 Å². The average Bonchev–Trinajstić information content (AvgIpc) is 3.52. The number of aromatic nitrogens is 3. The van der Waals surface area contributed by atoms with Crippen molar-refractivity contribution in [2.75, 3.05) is 32.7 Å². The molecule has 2 heterocycles. The third-order valence-electron chi connectivity index (χ3n) is 8.12. The van der Waals surface area contributed by atoms with Crippen LogP contribution in [0.2, 0.25) is 0 Å². The molecule has 0 spiro atoms. The minimum Gasteiger partial charge on any atom is -0.340 e. The quantitative estimate of drug-likeness (QED) is 0.235. The predicted molar refractivity (Wildman–Crippen MR) is 164 cm³/mol. The number of rotatable bonds is 11. The van der Waals surface area contributed by atoms with Gasteiger partial charge in [0.25, 0.3) is 5.91 Å². The zero-order chi connectivity index (χ0) is 29.0. The van der Waals surface area contributed by atoms with Crippen molar-refractivity contribution in [3.8, 4) is 5.69 Å². The molecule has 2 aromatic carbocycles. The molecule has 1 saturated heterocycles. The Hall–Kier alpha value is -3.44. The van der Waals surface area contributed by atoms with E-state index in [-0.39, 0.29) is 22.9 Å². The maximum Gasteiger partial charge on any atom is 0.251 e. The number of hydrogen-bond donors (Lipinski definition) is 2. The van der Waals surface area contributed by atoms with Gasteiger partial charge >= 0.3 is 0 Å². The maximum atomic E-state index is 13.7. The van der Waals surface area contributed by atoms with Gasteiger partial charge in [0, 0.05) is 43.7 Å². The van der Waals surface area contributed by atoms with Crippen LogP contribution >= 0.6 is 0 Å². The molecule has 212 valence electrons. The Balaban J connectivity index is 1.18. The van der Waals surface area contributed by atoms with E-state index >= 15 is 0 Å². The summed E-state index contributed by atoms with van der Waals surface area (Å²) < 4.78 is 14.9. The Bertz CT molecular complexity index is 1310. The molecule has 1 aromatic heterocycles. The van der Waals surface area contributed by atoms with Crippen LogP contribution in [0.25, 0.3) is 5.69 Å². The second-order valence-electron chi connectivity index (χ2n) is 12.0. The van der Waals surface area contributed by atoms with E-state index in [0.717, 1.165) is 43.7 Å². The summed E-state index contributed by atoms with van der Waals surface area (Å²) in [6.07, 6.45) is 5.64. The maximum absolute atomic E-state index is 13.7. The van der Waals surface area contributed by atoms with Gasteiger partial charge in [0.05, 0.1) is 18.1 Å². The summed E-state index contributed by atoms with van der Waals surface area (Å²) in [7, 11) is 6.57. The van der Waals surface area contributed by atoms with Gasteiger partial charge in [-0.3, -0.25) is 9.59 Å². The van der Waals surface area contributed by atoms with Crippen LogP contribution in [-0.4, -0.2) is 110 Å². The second kappa shape index (κ2) is 12.6. The van der Waals surface area contributed by atoms with Crippen LogP contribution < -0.4 is 10.6 Å². The van der Waals surface area contributed by atoms with E-state index in [1.165, 1.54) is 12.1 Å². The van der Waals surface area contributed by atoms with Crippen molar-refractivity contribution >= 4 is 35.4 Å². The number of nitrogens with zero attached hydrogens (tertiary/aromatic N) is 5. The molecule has 41 heavy (non-hydrogen) atoms. The van der Waals surface area contributed by atoms with Crippen molar-refractivity contribution in [3.05, 3.63) is 77.9 Å². The molecule has 0 bridgehead atoms. The summed E-state index contributed by atoms with van der Waals surface area (Å²) in [5.41, 5.74) is 2.43. The molecule has 5 rings (SSSR count). The zero-order valence-corrected chi connectivity index (χ0v) is 24.1.